The van der Waals surface area contributed by atoms with E-state index in [1.165, 1.54) is 21.5 Å². The zero-order valence-corrected chi connectivity index (χ0v) is 11.5. The van der Waals surface area contributed by atoms with Gasteiger partial charge in [0.25, 0.3) is 0 Å². The second-order valence-electron chi connectivity index (χ2n) is 4.08. The van der Waals surface area contributed by atoms with Crippen molar-refractivity contribution in [2.75, 3.05) is 13.6 Å². The van der Waals surface area contributed by atoms with Crippen LogP contribution in [0.4, 0.5) is 0 Å². The Morgan fingerprint density at radius 3 is 2.64 bits per heavy atom. The van der Waals surface area contributed by atoms with Crippen molar-refractivity contribution in [1.29, 1.82) is 0 Å². The molecule has 0 aliphatic heterocycles. The highest BCUT2D eigenvalue weighted by Crippen LogP contribution is 2.31. The Morgan fingerprint density at radius 2 is 2.21 bits per heavy atom. The third-order valence-electron chi connectivity index (χ3n) is 2.69. The number of thiophene rings is 1. The number of rotatable bonds is 5. The summed E-state index contributed by atoms with van der Waals surface area (Å²) in [6.45, 7) is 5.69. The number of halogens is 1. The molecule has 0 bridgehead atoms. The summed E-state index contributed by atoms with van der Waals surface area (Å²) in [6.07, 6.45) is 2.38. The van der Waals surface area contributed by atoms with Crippen molar-refractivity contribution in [2.45, 2.75) is 26.7 Å². The fourth-order valence-corrected chi connectivity index (χ4v) is 3.31. The second-order valence-corrected chi connectivity index (χ2v) is 6.62. The van der Waals surface area contributed by atoms with Gasteiger partial charge >= 0.3 is 0 Å². The van der Waals surface area contributed by atoms with Gasteiger partial charge in [-0.1, -0.05) is 13.8 Å². The van der Waals surface area contributed by atoms with E-state index in [-0.39, 0.29) is 0 Å². The lowest BCUT2D eigenvalue weighted by atomic mass is 9.83. The molecule has 0 saturated heterocycles. The fourth-order valence-electron chi connectivity index (χ4n) is 1.61. The third-order valence-corrected chi connectivity index (χ3v) is 4.31. The Kier molecular flexibility index (Phi) is 4.61. The van der Waals surface area contributed by atoms with Crippen molar-refractivity contribution in [3.63, 3.8) is 0 Å². The number of nitrogens with one attached hydrogen (secondary N) is 1. The molecule has 14 heavy (non-hydrogen) atoms. The minimum absolute atomic E-state index is 0.388. The average molecular weight is 276 g/mol. The van der Waals surface area contributed by atoms with E-state index in [2.05, 4.69) is 47.2 Å². The molecule has 1 aromatic heterocycles. The van der Waals surface area contributed by atoms with E-state index in [1.807, 2.05) is 18.4 Å². The minimum Gasteiger partial charge on any atom is -0.319 e. The maximum absolute atomic E-state index is 3.50. The molecule has 0 amide bonds. The van der Waals surface area contributed by atoms with Crippen LogP contribution in [0.15, 0.2) is 15.9 Å². The first-order chi connectivity index (χ1) is 6.59. The maximum atomic E-state index is 3.50. The zero-order valence-electron chi connectivity index (χ0n) is 9.06. The summed E-state index contributed by atoms with van der Waals surface area (Å²) in [5, 5.41) is 3.28. The summed E-state index contributed by atoms with van der Waals surface area (Å²) >= 11 is 5.35. The van der Waals surface area contributed by atoms with Gasteiger partial charge in [0, 0.05) is 11.4 Å². The standard InChI is InChI=1S/C11H18BrNS/c1-4-11(2,8-13-3)7-9-5-6-10(12)14-9/h5-6,13H,4,7-8H2,1-3H3. The molecule has 0 aliphatic rings. The third kappa shape index (κ3) is 3.37. The van der Waals surface area contributed by atoms with Crippen LogP contribution in [0.1, 0.15) is 25.1 Å². The topological polar surface area (TPSA) is 12.0 Å². The van der Waals surface area contributed by atoms with E-state index in [9.17, 15) is 0 Å². The molecule has 1 unspecified atom stereocenters. The minimum atomic E-state index is 0.388. The van der Waals surface area contributed by atoms with Crippen molar-refractivity contribution in [3.8, 4) is 0 Å². The van der Waals surface area contributed by atoms with Gasteiger partial charge in [-0.15, -0.1) is 11.3 Å². The normalized spacial score (nSPS) is 15.4. The van der Waals surface area contributed by atoms with Gasteiger partial charge < -0.3 is 5.32 Å². The summed E-state index contributed by atoms with van der Waals surface area (Å²) < 4.78 is 1.23. The smallest absolute Gasteiger partial charge is 0.0701 e. The monoisotopic (exact) mass is 275 g/mol. The largest absolute Gasteiger partial charge is 0.319 e. The molecule has 1 atom stereocenters. The lowest BCUT2D eigenvalue weighted by Gasteiger charge is -2.27. The Hall–Kier alpha value is 0.140. The molecule has 1 rings (SSSR count). The van der Waals surface area contributed by atoms with Crippen LogP contribution in [-0.2, 0) is 6.42 Å². The quantitative estimate of drug-likeness (QED) is 0.865. The van der Waals surface area contributed by atoms with Gasteiger partial charge in [0.1, 0.15) is 0 Å². The lowest BCUT2D eigenvalue weighted by Crippen LogP contribution is -2.30. The van der Waals surface area contributed by atoms with Gasteiger partial charge in [-0.25, -0.2) is 0 Å². The van der Waals surface area contributed by atoms with Crippen molar-refractivity contribution in [3.05, 3.63) is 20.8 Å². The first-order valence-corrected chi connectivity index (χ1v) is 6.59. The van der Waals surface area contributed by atoms with E-state index in [1.54, 1.807) is 0 Å². The molecule has 0 saturated carbocycles. The summed E-state index contributed by atoms with van der Waals surface area (Å²) in [4.78, 5) is 1.47. The molecular weight excluding hydrogens is 258 g/mol. The predicted octanol–water partition coefficient (Wildman–Crippen LogP) is 3.69. The fraction of sp³-hybridized carbons (Fsp3) is 0.636. The van der Waals surface area contributed by atoms with Crippen LogP contribution in [0.5, 0.6) is 0 Å². The maximum Gasteiger partial charge on any atom is 0.0701 e. The SMILES string of the molecule is CCC(C)(CNC)Cc1ccc(Br)s1. The number of hydrogen-bond donors (Lipinski definition) is 1. The molecule has 1 heterocycles. The van der Waals surface area contributed by atoms with Crippen LogP contribution in [0.3, 0.4) is 0 Å². The zero-order chi connectivity index (χ0) is 10.6. The average Bonchev–Trinajstić information content (AvgIpc) is 2.51. The first kappa shape index (κ1) is 12.2. The summed E-state index contributed by atoms with van der Waals surface area (Å²) in [5.41, 5.74) is 0.388. The van der Waals surface area contributed by atoms with Crippen LogP contribution in [-0.4, -0.2) is 13.6 Å². The highest BCUT2D eigenvalue weighted by Gasteiger charge is 2.22. The van der Waals surface area contributed by atoms with Crippen LogP contribution in [0.2, 0.25) is 0 Å². The van der Waals surface area contributed by atoms with Crippen molar-refractivity contribution in [2.24, 2.45) is 5.41 Å². The first-order valence-electron chi connectivity index (χ1n) is 4.98. The highest BCUT2D eigenvalue weighted by molar-refractivity contribution is 9.11. The molecule has 0 aromatic carbocycles. The van der Waals surface area contributed by atoms with Crippen LogP contribution < -0.4 is 5.32 Å². The molecule has 0 aliphatic carbocycles. The van der Waals surface area contributed by atoms with Gasteiger partial charge in [-0.2, -0.15) is 0 Å². The van der Waals surface area contributed by atoms with Crippen molar-refractivity contribution < 1.29 is 0 Å². The van der Waals surface area contributed by atoms with Crippen LogP contribution in [0.25, 0.3) is 0 Å². The Balaban J connectivity index is 2.64. The van der Waals surface area contributed by atoms with E-state index in [0.717, 1.165) is 6.54 Å². The summed E-state index contributed by atoms with van der Waals surface area (Å²) in [6, 6.07) is 4.35. The number of hydrogen-bond acceptors (Lipinski definition) is 2. The molecule has 0 radical (unpaired) electrons. The molecular formula is C11H18BrNS. The van der Waals surface area contributed by atoms with E-state index in [0.29, 0.717) is 5.41 Å². The van der Waals surface area contributed by atoms with E-state index in [4.69, 9.17) is 0 Å². The molecule has 1 nitrogen and oxygen atoms in total. The molecule has 0 spiro atoms. The molecule has 1 N–H and O–H groups in total. The van der Waals surface area contributed by atoms with Crippen molar-refractivity contribution >= 4 is 27.3 Å². The lowest BCUT2D eigenvalue weighted by molar-refractivity contribution is 0.301. The highest BCUT2D eigenvalue weighted by atomic mass is 79.9. The molecule has 3 heteroatoms. The Labute approximate surface area is 99.0 Å². The summed E-state index contributed by atoms with van der Waals surface area (Å²) in [7, 11) is 2.03. The van der Waals surface area contributed by atoms with Gasteiger partial charge in [0.15, 0.2) is 0 Å². The Morgan fingerprint density at radius 1 is 1.50 bits per heavy atom. The van der Waals surface area contributed by atoms with Crippen LogP contribution >= 0.6 is 27.3 Å². The van der Waals surface area contributed by atoms with Gasteiger partial charge in [0.2, 0.25) is 0 Å². The summed E-state index contributed by atoms with van der Waals surface area (Å²) in [5.74, 6) is 0. The van der Waals surface area contributed by atoms with Gasteiger partial charge in [-0.3, -0.25) is 0 Å². The van der Waals surface area contributed by atoms with E-state index < -0.39 is 0 Å². The molecule has 0 fully saturated rings. The van der Waals surface area contributed by atoms with Crippen LogP contribution in [0, 0.1) is 5.41 Å². The van der Waals surface area contributed by atoms with Gasteiger partial charge in [0.05, 0.1) is 3.79 Å². The second kappa shape index (κ2) is 5.29. The van der Waals surface area contributed by atoms with Crippen molar-refractivity contribution in [1.82, 2.24) is 5.32 Å². The van der Waals surface area contributed by atoms with Gasteiger partial charge in [-0.05, 0) is 53.4 Å². The van der Waals surface area contributed by atoms with E-state index >= 15 is 0 Å². The molecule has 1 aromatic rings. The Bertz CT molecular complexity index is 285. The molecule has 80 valence electrons. The predicted molar refractivity (Wildman–Crippen MR) is 68.0 cm³/mol.